The van der Waals surface area contributed by atoms with Gasteiger partial charge in [0.25, 0.3) is 5.91 Å². The molecule has 0 saturated heterocycles. The Labute approximate surface area is 180 Å². The van der Waals surface area contributed by atoms with Crippen LogP contribution in [0, 0.1) is 0 Å². The van der Waals surface area contributed by atoms with Crippen LogP contribution in [0.5, 0.6) is 5.75 Å². The lowest BCUT2D eigenvalue weighted by molar-refractivity contribution is -0.903. The lowest BCUT2D eigenvalue weighted by atomic mass is 10.0. The third-order valence-electron chi connectivity index (χ3n) is 5.44. The number of hydrogen-bond donors (Lipinski definition) is 2. The number of carbonyl (C=O) groups excluding carboxylic acids is 1. The Hall–Kier alpha value is -3.64. The van der Waals surface area contributed by atoms with Gasteiger partial charge in [0.2, 0.25) is 0 Å². The maximum atomic E-state index is 12.6. The number of methoxy groups -OCH3 is 1. The summed E-state index contributed by atoms with van der Waals surface area (Å²) in [7, 11) is 1.60. The zero-order valence-electron chi connectivity index (χ0n) is 17.6. The number of rotatable bonds is 7. The quantitative estimate of drug-likeness (QED) is 0.358. The molecule has 3 aromatic carbocycles. The van der Waals surface area contributed by atoms with E-state index in [0.717, 1.165) is 44.6 Å². The SMILES string of the molecule is CC[NH+](CC(=O)Nc1ccc(OC)cc1)Cc1cc(=O)oc2ccc3ccccc3c12. The molecule has 4 aromatic rings. The summed E-state index contributed by atoms with van der Waals surface area (Å²) < 4.78 is 10.6. The topological polar surface area (TPSA) is 73.0 Å². The van der Waals surface area contributed by atoms with Crippen molar-refractivity contribution in [1.29, 1.82) is 0 Å². The van der Waals surface area contributed by atoms with E-state index in [-0.39, 0.29) is 18.1 Å². The van der Waals surface area contributed by atoms with Crippen molar-refractivity contribution in [2.45, 2.75) is 13.5 Å². The zero-order chi connectivity index (χ0) is 21.8. The van der Waals surface area contributed by atoms with E-state index in [1.54, 1.807) is 25.3 Å². The Morgan fingerprint density at radius 2 is 1.84 bits per heavy atom. The number of likely N-dealkylation sites (N-methyl/N-ethyl adjacent to an activating group) is 1. The maximum absolute atomic E-state index is 12.6. The lowest BCUT2D eigenvalue weighted by Crippen LogP contribution is -3.11. The number of ether oxygens (including phenoxy) is 1. The van der Waals surface area contributed by atoms with Crippen molar-refractivity contribution in [3.05, 3.63) is 82.7 Å². The first-order chi connectivity index (χ1) is 15.1. The summed E-state index contributed by atoms with van der Waals surface area (Å²) in [6.45, 7) is 3.60. The van der Waals surface area contributed by atoms with Crippen molar-refractivity contribution in [3.63, 3.8) is 0 Å². The van der Waals surface area contributed by atoms with E-state index in [4.69, 9.17) is 9.15 Å². The second kappa shape index (κ2) is 9.02. The molecule has 1 unspecified atom stereocenters. The Bertz CT molecular complexity index is 1280. The molecule has 0 aliphatic heterocycles. The minimum Gasteiger partial charge on any atom is -0.497 e. The Morgan fingerprint density at radius 1 is 1.06 bits per heavy atom. The van der Waals surface area contributed by atoms with E-state index in [1.807, 2.05) is 55.5 Å². The highest BCUT2D eigenvalue weighted by Gasteiger charge is 2.17. The van der Waals surface area contributed by atoms with Crippen LogP contribution in [-0.2, 0) is 11.3 Å². The summed E-state index contributed by atoms with van der Waals surface area (Å²) in [6.07, 6.45) is 0. The highest BCUT2D eigenvalue weighted by molar-refractivity contribution is 6.07. The molecular formula is C25H25N2O4+. The standard InChI is InChI=1S/C25H24N2O4/c1-3-27(16-23(28)26-19-9-11-20(30-2)12-10-19)15-18-14-24(29)31-22-13-8-17-6-4-5-7-21(17)25(18)22/h4-14H,3,15-16H2,1-2H3,(H,26,28)/p+1. The molecule has 1 amide bonds. The fourth-order valence-corrected chi connectivity index (χ4v) is 3.85. The fraction of sp³-hybridized carbons (Fsp3) is 0.200. The summed E-state index contributed by atoms with van der Waals surface area (Å²) in [6, 6.07) is 20.6. The molecule has 2 N–H and O–H groups in total. The summed E-state index contributed by atoms with van der Waals surface area (Å²) >= 11 is 0. The molecule has 0 aliphatic rings. The van der Waals surface area contributed by atoms with Gasteiger partial charge in [-0.05, 0) is 48.0 Å². The third kappa shape index (κ3) is 4.59. The molecule has 6 heteroatoms. The summed E-state index contributed by atoms with van der Waals surface area (Å²) in [5.74, 6) is 0.653. The minimum atomic E-state index is -0.379. The largest absolute Gasteiger partial charge is 0.497 e. The Kier molecular flexibility index (Phi) is 6.00. The average Bonchev–Trinajstić information content (AvgIpc) is 2.78. The van der Waals surface area contributed by atoms with Crippen molar-refractivity contribution >= 4 is 33.3 Å². The first-order valence-electron chi connectivity index (χ1n) is 10.3. The Morgan fingerprint density at radius 3 is 2.58 bits per heavy atom. The van der Waals surface area contributed by atoms with Gasteiger partial charge < -0.3 is 19.4 Å². The number of nitrogens with one attached hydrogen (secondary N) is 2. The molecule has 0 radical (unpaired) electrons. The summed E-state index contributed by atoms with van der Waals surface area (Å²) in [5, 5.41) is 5.98. The number of hydrogen-bond acceptors (Lipinski definition) is 4. The lowest BCUT2D eigenvalue weighted by Gasteiger charge is -2.18. The van der Waals surface area contributed by atoms with E-state index >= 15 is 0 Å². The zero-order valence-corrected chi connectivity index (χ0v) is 17.6. The molecule has 0 spiro atoms. The van der Waals surface area contributed by atoms with E-state index < -0.39 is 0 Å². The molecule has 6 nitrogen and oxygen atoms in total. The minimum absolute atomic E-state index is 0.0841. The number of benzene rings is 3. The smallest absolute Gasteiger partial charge is 0.336 e. The highest BCUT2D eigenvalue weighted by atomic mass is 16.5. The fourth-order valence-electron chi connectivity index (χ4n) is 3.85. The van der Waals surface area contributed by atoms with Crippen LogP contribution in [0.4, 0.5) is 5.69 Å². The number of quaternary nitrogens is 1. The molecule has 1 aromatic heterocycles. The molecule has 1 heterocycles. The van der Waals surface area contributed by atoms with Crippen LogP contribution < -0.4 is 20.6 Å². The third-order valence-corrected chi connectivity index (χ3v) is 5.44. The molecule has 0 bridgehead atoms. The van der Waals surface area contributed by atoms with Crippen LogP contribution in [0.3, 0.4) is 0 Å². The molecule has 0 fully saturated rings. The van der Waals surface area contributed by atoms with Gasteiger partial charge in [0.15, 0.2) is 6.54 Å². The predicted octanol–water partition coefficient (Wildman–Crippen LogP) is 3.00. The van der Waals surface area contributed by atoms with Gasteiger partial charge in [0, 0.05) is 22.7 Å². The van der Waals surface area contributed by atoms with E-state index in [9.17, 15) is 9.59 Å². The highest BCUT2D eigenvalue weighted by Crippen LogP contribution is 2.27. The van der Waals surface area contributed by atoms with Gasteiger partial charge >= 0.3 is 5.63 Å². The van der Waals surface area contributed by atoms with Crippen LogP contribution in [0.15, 0.2) is 75.9 Å². The first-order valence-corrected chi connectivity index (χ1v) is 10.3. The van der Waals surface area contributed by atoms with Crippen molar-refractivity contribution in [2.24, 2.45) is 0 Å². The molecular weight excluding hydrogens is 392 g/mol. The van der Waals surface area contributed by atoms with Gasteiger partial charge in [-0.2, -0.15) is 0 Å². The van der Waals surface area contributed by atoms with E-state index in [2.05, 4.69) is 5.32 Å². The van der Waals surface area contributed by atoms with Crippen LogP contribution in [0.1, 0.15) is 12.5 Å². The van der Waals surface area contributed by atoms with Crippen LogP contribution in [0.25, 0.3) is 21.7 Å². The molecule has 158 valence electrons. The van der Waals surface area contributed by atoms with Crippen molar-refractivity contribution < 1.29 is 18.8 Å². The predicted molar refractivity (Wildman–Crippen MR) is 122 cm³/mol. The second-order valence-corrected chi connectivity index (χ2v) is 7.48. The van der Waals surface area contributed by atoms with Crippen LogP contribution in [-0.4, -0.2) is 26.1 Å². The van der Waals surface area contributed by atoms with E-state index in [0.29, 0.717) is 12.1 Å². The van der Waals surface area contributed by atoms with Gasteiger partial charge in [0.1, 0.15) is 17.9 Å². The summed E-state index contributed by atoms with van der Waals surface area (Å²) in [5.41, 5.74) is 1.80. The summed E-state index contributed by atoms with van der Waals surface area (Å²) in [4.78, 5) is 25.8. The molecule has 0 aliphatic carbocycles. The number of anilines is 1. The maximum Gasteiger partial charge on any atom is 0.336 e. The number of fused-ring (bicyclic) bond motifs is 3. The van der Waals surface area contributed by atoms with Crippen molar-refractivity contribution in [3.8, 4) is 5.75 Å². The number of amides is 1. The monoisotopic (exact) mass is 417 g/mol. The van der Waals surface area contributed by atoms with Gasteiger partial charge in [-0.25, -0.2) is 4.79 Å². The Balaban J connectivity index is 1.58. The second-order valence-electron chi connectivity index (χ2n) is 7.48. The van der Waals surface area contributed by atoms with Crippen molar-refractivity contribution in [1.82, 2.24) is 0 Å². The molecule has 4 rings (SSSR count). The molecule has 1 atom stereocenters. The van der Waals surface area contributed by atoms with Crippen molar-refractivity contribution in [2.75, 3.05) is 25.5 Å². The molecule has 31 heavy (non-hydrogen) atoms. The van der Waals surface area contributed by atoms with Gasteiger partial charge in [0.05, 0.1) is 13.7 Å². The normalized spacial score (nSPS) is 12.1. The van der Waals surface area contributed by atoms with Crippen LogP contribution >= 0.6 is 0 Å². The number of carbonyl (C=O) groups is 1. The average molecular weight is 417 g/mol. The van der Waals surface area contributed by atoms with E-state index in [1.165, 1.54) is 0 Å². The van der Waals surface area contributed by atoms with Gasteiger partial charge in [-0.15, -0.1) is 0 Å². The van der Waals surface area contributed by atoms with Gasteiger partial charge in [-0.3, -0.25) is 4.79 Å². The van der Waals surface area contributed by atoms with Gasteiger partial charge in [-0.1, -0.05) is 30.3 Å². The first kappa shape index (κ1) is 20.6. The molecule has 0 saturated carbocycles. The van der Waals surface area contributed by atoms with Crippen LogP contribution in [0.2, 0.25) is 0 Å².